The van der Waals surface area contributed by atoms with E-state index in [0.29, 0.717) is 5.52 Å². The van der Waals surface area contributed by atoms with Crippen LogP contribution in [0.1, 0.15) is 38.0 Å². The first kappa shape index (κ1) is 11.7. The van der Waals surface area contributed by atoms with Crippen molar-refractivity contribution in [2.45, 2.75) is 38.8 Å². The second kappa shape index (κ2) is 4.69. The topological polar surface area (TPSA) is 27.1 Å². The van der Waals surface area contributed by atoms with Crippen LogP contribution in [0.25, 0.3) is 10.9 Å². The van der Waals surface area contributed by atoms with E-state index in [1.807, 2.05) is 13.0 Å². The van der Waals surface area contributed by atoms with Gasteiger partial charge in [-0.15, -0.1) is 0 Å². The fraction of sp³-hybridized carbons (Fsp3) is 0.500. The van der Waals surface area contributed by atoms with Crippen molar-refractivity contribution >= 4 is 10.9 Å². The fourth-order valence-corrected chi connectivity index (χ4v) is 2.54. The van der Waals surface area contributed by atoms with Gasteiger partial charge in [0.25, 0.3) is 0 Å². The minimum Gasteiger partial charge on any atom is -0.356 e. The number of hydrogen-bond donors (Lipinski definition) is 0. The first-order valence-electron chi connectivity index (χ1n) is 6.57. The van der Waals surface area contributed by atoms with Gasteiger partial charge in [-0.1, -0.05) is 6.92 Å². The Morgan fingerprint density at radius 1 is 1.44 bits per heavy atom. The van der Waals surface area contributed by atoms with Crippen molar-refractivity contribution < 1.29 is 9.13 Å². The summed E-state index contributed by atoms with van der Waals surface area (Å²) in [4.78, 5) is 0. The van der Waals surface area contributed by atoms with E-state index < -0.39 is 0 Å². The molecule has 0 saturated carbocycles. The van der Waals surface area contributed by atoms with E-state index in [4.69, 9.17) is 4.74 Å². The second-order valence-corrected chi connectivity index (χ2v) is 4.78. The molecule has 3 nitrogen and oxygen atoms in total. The molecule has 1 aliphatic heterocycles. The average Bonchev–Trinajstić information content (AvgIpc) is 2.84. The maximum atomic E-state index is 14.2. The van der Waals surface area contributed by atoms with E-state index in [-0.39, 0.29) is 12.0 Å². The summed E-state index contributed by atoms with van der Waals surface area (Å²) >= 11 is 0. The number of nitrogens with zero attached hydrogens (tertiary/aromatic N) is 2. The number of halogens is 1. The summed E-state index contributed by atoms with van der Waals surface area (Å²) in [5.74, 6) is -0.198. The molecule has 3 rings (SSSR count). The number of aromatic nitrogens is 2. The maximum absolute atomic E-state index is 14.2. The van der Waals surface area contributed by atoms with Crippen LogP contribution in [0.4, 0.5) is 4.39 Å². The molecule has 0 spiro atoms. The van der Waals surface area contributed by atoms with Crippen molar-refractivity contribution in [2.24, 2.45) is 0 Å². The van der Waals surface area contributed by atoms with E-state index in [1.165, 1.54) is 0 Å². The lowest BCUT2D eigenvalue weighted by molar-refractivity contribution is -0.0369. The van der Waals surface area contributed by atoms with Crippen LogP contribution >= 0.6 is 0 Å². The Morgan fingerprint density at radius 2 is 2.33 bits per heavy atom. The van der Waals surface area contributed by atoms with Crippen LogP contribution in [-0.2, 0) is 11.2 Å². The molecule has 4 heteroatoms. The van der Waals surface area contributed by atoms with Gasteiger partial charge in [0.1, 0.15) is 11.3 Å². The smallest absolute Gasteiger partial charge is 0.150 e. The third-order valence-corrected chi connectivity index (χ3v) is 3.54. The van der Waals surface area contributed by atoms with Crippen molar-refractivity contribution in [1.82, 2.24) is 9.78 Å². The first-order chi connectivity index (χ1) is 8.79. The Bertz CT molecular complexity index is 558. The molecule has 0 amide bonds. The quantitative estimate of drug-likeness (QED) is 0.814. The van der Waals surface area contributed by atoms with Gasteiger partial charge in [-0.3, -0.25) is 0 Å². The fourth-order valence-electron chi connectivity index (χ4n) is 2.54. The van der Waals surface area contributed by atoms with Gasteiger partial charge in [0.2, 0.25) is 0 Å². The lowest BCUT2D eigenvalue weighted by Crippen LogP contribution is -2.19. The van der Waals surface area contributed by atoms with Crippen LogP contribution in [0, 0.1) is 5.82 Å². The highest BCUT2D eigenvalue weighted by molar-refractivity contribution is 5.80. The SMILES string of the molecule is CCc1cc(F)c2c(cnn2C2CCCCO2)c1. The Labute approximate surface area is 106 Å². The van der Waals surface area contributed by atoms with Crippen molar-refractivity contribution in [3.63, 3.8) is 0 Å². The van der Waals surface area contributed by atoms with Crippen LogP contribution in [0.15, 0.2) is 18.3 Å². The average molecular weight is 248 g/mol. The second-order valence-electron chi connectivity index (χ2n) is 4.78. The monoisotopic (exact) mass is 248 g/mol. The third-order valence-electron chi connectivity index (χ3n) is 3.54. The molecule has 0 N–H and O–H groups in total. The molecule has 1 aromatic heterocycles. The molecule has 1 unspecified atom stereocenters. The predicted molar refractivity (Wildman–Crippen MR) is 67.9 cm³/mol. The number of ether oxygens (including phenoxy) is 1. The summed E-state index contributed by atoms with van der Waals surface area (Å²) < 4.78 is 21.5. The molecule has 1 atom stereocenters. The van der Waals surface area contributed by atoms with Gasteiger partial charge < -0.3 is 4.74 Å². The van der Waals surface area contributed by atoms with Crippen LogP contribution in [0.3, 0.4) is 0 Å². The van der Waals surface area contributed by atoms with Crippen LogP contribution in [0.2, 0.25) is 0 Å². The van der Waals surface area contributed by atoms with Gasteiger partial charge in [-0.05, 0) is 43.4 Å². The van der Waals surface area contributed by atoms with Crippen molar-refractivity contribution in [3.8, 4) is 0 Å². The normalized spacial score (nSPS) is 20.4. The standard InChI is InChI=1S/C14H17FN2O/c1-2-10-7-11-9-16-17(14(11)12(15)8-10)13-5-3-4-6-18-13/h7-9,13H,2-6H2,1H3. The summed E-state index contributed by atoms with van der Waals surface area (Å²) in [6.45, 7) is 2.76. The molecular weight excluding hydrogens is 231 g/mol. The molecule has 1 fully saturated rings. The van der Waals surface area contributed by atoms with Gasteiger partial charge in [0, 0.05) is 12.0 Å². The molecule has 2 heterocycles. The lowest BCUT2D eigenvalue weighted by Gasteiger charge is -2.23. The van der Waals surface area contributed by atoms with E-state index in [2.05, 4.69) is 5.10 Å². The van der Waals surface area contributed by atoms with Crippen molar-refractivity contribution in [2.75, 3.05) is 6.61 Å². The number of hydrogen-bond acceptors (Lipinski definition) is 2. The summed E-state index contributed by atoms with van der Waals surface area (Å²) in [7, 11) is 0. The first-order valence-corrected chi connectivity index (χ1v) is 6.57. The summed E-state index contributed by atoms with van der Waals surface area (Å²) in [5.41, 5.74) is 1.57. The van der Waals surface area contributed by atoms with E-state index in [1.54, 1.807) is 16.9 Å². The van der Waals surface area contributed by atoms with Gasteiger partial charge in [0.15, 0.2) is 6.23 Å². The van der Waals surface area contributed by atoms with Crippen LogP contribution in [-0.4, -0.2) is 16.4 Å². The zero-order valence-electron chi connectivity index (χ0n) is 10.5. The highest BCUT2D eigenvalue weighted by Crippen LogP contribution is 2.28. The Kier molecular flexibility index (Phi) is 3.04. The van der Waals surface area contributed by atoms with Crippen LogP contribution < -0.4 is 0 Å². The minimum atomic E-state index is -0.198. The molecule has 18 heavy (non-hydrogen) atoms. The summed E-state index contributed by atoms with van der Waals surface area (Å²) in [5, 5.41) is 5.17. The summed E-state index contributed by atoms with van der Waals surface area (Å²) in [6, 6.07) is 3.61. The summed E-state index contributed by atoms with van der Waals surface area (Å²) in [6.07, 6.45) is 5.55. The predicted octanol–water partition coefficient (Wildman–Crippen LogP) is 3.44. The molecule has 1 saturated heterocycles. The number of benzene rings is 1. The van der Waals surface area contributed by atoms with Crippen LogP contribution in [0.5, 0.6) is 0 Å². The Balaban J connectivity index is 2.07. The molecule has 96 valence electrons. The molecule has 1 aromatic carbocycles. The van der Waals surface area contributed by atoms with E-state index >= 15 is 0 Å². The van der Waals surface area contributed by atoms with Crippen molar-refractivity contribution in [3.05, 3.63) is 29.7 Å². The largest absolute Gasteiger partial charge is 0.356 e. The van der Waals surface area contributed by atoms with E-state index in [0.717, 1.165) is 43.2 Å². The maximum Gasteiger partial charge on any atom is 0.150 e. The third kappa shape index (κ3) is 1.90. The zero-order valence-corrected chi connectivity index (χ0v) is 10.5. The molecule has 2 aromatic rings. The zero-order chi connectivity index (χ0) is 12.5. The Hall–Kier alpha value is -1.42. The molecule has 0 bridgehead atoms. The number of fused-ring (bicyclic) bond motifs is 1. The van der Waals surface area contributed by atoms with E-state index in [9.17, 15) is 4.39 Å². The number of aryl methyl sites for hydroxylation is 1. The highest BCUT2D eigenvalue weighted by atomic mass is 19.1. The highest BCUT2D eigenvalue weighted by Gasteiger charge is 2.20. The molecule has 1 aliphatic rings. The Morgan fingerprint density at radius 3 is 3.06 bits per heavy atom. The van der Waals surface area contributed by atoms with Gasteiger partial charge >= 0.3 is 0 Å². The number of rotatable bonds is 2. The van der Waals surface area contributed by atoms with Gasteiger partial charge in [0.05, 0.1) is 6.20 Å². The lowest BCUT2D eigenvalue weighted by atomic mass is 10.1. The van der Waals surface area contributed by atoms with Gasteiger partial charge in [-0.25, -0.2) is 9.07 Å². The van der Waals surface area contributed by atoms with Gasteiger partial charge in [-0.2, -0.15) is 5.10 Å². The minimum absolute atomic E-state index is 0.113. The molecule has 0 aliphatic carbocycles. The van der Waals surface area contributed by atoms with Crippen molar-refractivity contribution in [1.29, 1.82) is 0 Å². The molecular formula is C14H17FN2O. The molecule has 0 radical (unpaired) electrons.